The lowest BCUT2D eigenvalue weighted by atomic mass is 10.0. The number of ether oxygens (including phenoxy) is 1. The molecule has 2 rings (SSSR count). The third-order valence-electron chi connectivity index (χ3n) is 3.27. The molecular formula is C15H21N3O. The van der Waals surface area contributed by atoms with E-state index in [9.17, 15) is 0 Å². The molecule has 0 radical (unpaired) electrons. The third kappa shape index (κ3) is 2.79. The van der Waals surface area contributed by atoms with Crippen LogP contribution in [0.3, 0.4) is 0 Å². The van der Waals surface area contributed by atoms with E-state index in [1.807, 2.05) is 25.3 Å². The summed E-state index contributed by atoms with van der Waals surface area (Å²) < 4.78 is 7.39. The Balaban J connectivity index is 2.30. The standard InChI is InChI=1S/C15H21N3O/c1-4-8-18-9-7-17-15(18)14(16)12-5-6-13(19-3)11(2)10-12/h5-7,9-10,14H,4,8,16H2,1-3H3. The summed E-state index contributed by atoms with van der Waals surface area (Å²) in [6.07, 6.45) is 4.86. The van der Waals surface area contributed by atoms with E-state index in [0.29, 0.717) is 0 Å². The molecule has 1 aromatic carbocycles. The van der Waals surface area contributed by atoms with Crippen molar-refractivity contribution in [3.8, 4) is 5.75 Å². The van der Waals surface area contributed by atoms with Crippen LogP contribution in [-0.2, 0) is 6.54 Å². The first-order valence-corrected chi connectivity index (χ1v) is 6.58. The maximum absolute atomic E-state index is 6.33. The second-order valence-electron chi connectivity index (χ2n) is 4.69. The normalized spacial score (nSPS) is 12.4. The number of methoxy groups -OCH3 is 1. The molecule has 1 atom stereocenters. The smallest absolute Gasteiger partial charge is 0.130 e. The van der Waals surface area contributed by atoms with Crippen LogP contribution in [-0.4, -0.2) is 16.7 Å². The molecule has 4 heteroatoms. The largest absolute Gasteiger partial charge is 0.496 e. The predicted octanol–water partition coefficient (Wildman–Crippen LogP) is 2.66. The minimum atomic E-state index is -0.203. The molecule has 0 bridgehead atoms. The Morgan fingerprint density at radius 1 is 1.42 bits per heavy atom. The van der Waals surface area contributed by atoms with Gasteiger partial charge in [0, 0.05) is 18.9 Å². The fourth-order valence-corrected chi connectivity index (χ4v) is 2.27. The highest BCUT2D eigenvalue weighted by Crippen LogP contribution is 2.24. The molecule has 102 valence electrons. The van der Waals surface area contributed by atoms with Gasteiger partial charge in [0.2, 0.25) is 0 Å². The summed E-state index contributed by atoms with van der Waals surface area (Å²) in [5.74, 6) is 1.79. The summed E-state index contributed by atoms with van der Waals surface area (Å²) in [6.45, 7) is 5.11. The van der Waals surface area contributed by atoms with Crippen LogP contribution >= 0.6 is 0 Å². The zero-order valence-electron chi connectivity index (χ0n) is 11.8. The zero-order chi connectivity index (χ0) is 13.8. The van der Waals surface area contributed by atoms with Crippen molar-refractivity contribution in [3.63, 3.8) is 0 Å². The maximum Gasteiger partial charge on any atom is 0.130 e. The van der Waals surface area contributed by atoms with E-state index in [1.54, 1.807) is 13.3 Å². The van der Waals surface area contributed by atoms with Gasteiger partial charge in [-0.1, -0.05) is 19.1 Å². The lowest BCUT2D eigenvalue weighted by molar-refractivity contribution is 0.411. The number of imidazole rings is 1. The number of nitrogens with two attached hydrogens (primary N) is 1. The van der Waals surface area contributed by atoms with Crippen LogP contribution in [0.1, 0.15) is 36.3 Å². The molecule has 0 aliphatic rings. The van der Waals surface area contributed by atoms with Gasteiger partial charge in [-0.25, -0.2) is 4.98 Å². The monoisotopic (exact) mass is 259 g/mol. The van der Waals surface area contributed by atoms with E-state index in [4.69, 9.17) is 10.5 Å². The Morgan fingerprint density at radius 3 is 2.84 bits per heavy atom. The molecule has 1 aromatic heterocycles. The first-order chi connectivity index (χ1) is 9.17. The van der Waals surface area contributed by atoms with Gasteiger partial charge in [-0.2, -0.15) is 0 Å². The number of hydrogen-bond donors (Lipinski definition) is 1. The number of benzene rings is 1. The molecule has 0 fully saturated rings. The summed E-state index contributed by atoms with van der Waals surface area (Å²) in [7, 11) is 1.68. The van der Waals surface area contributed by atoms with Crippen LogP contribution in [0, 0.1) is 6.92 Å². The van der Waals surface area contributed by atoms with Crippen LogP contribution in [0.25, 0.3) is 0 Å². The van der Waals surface area contributed by atoms with E-state index in [1.165, 1.54) is 0 Å². The summed E-state index contributed by atoms with van der Waals surface area (Å²) in [6, 6.07) is 5.82. The van der Waals surface area contributed by atoms with Crippen LogP contribution in [0.2, 0.25) is 0 Å². The first kappa shape index (κ1) is 13.6. The van der Waals surface area contributed by atoms with Gasteiger partial charge >= 0.3 is 0 Å². The molecule has 2 aromatic rings. The Bertz CT molecular complexity index is 548. The molecule has 1 heterocycles. The van der Waals surface area contributed by atoms with Crippen molar-refractivity contribution in [2.45, 2.75) is 32.9 Å². The van der Waals surface area contributed by atoms with Crippen molar-refractivity contribution in [1.82, 2.24) is 9.55 Å². The zero-order valence-corrected chi connectivity index (χ0v) is 11.8. The fraction of sp³-hybridized carbons (Fsp3) is 0.400. The number of hydrogen-bond acceptors (Lipinski definition) is 3. The van der Waals surface area contributed by atoms with Crippen molar-refractivity contribution in [2.75, 3.05) is 7.11 Å². The highest BCUT2D eigenvalue weighted by molar-refractivity contribution is 5.38. The molecule has 0 saturated carbocycles. The molecule has 0 aliphatic heterocycles. The minimum Gasteiger partial charge on any atom is -0.496 e. The van der Waals surface area contributed by atoms with Crippen LogP contribution in [0.4, 0.5) is 0 Å². The number of rotatable bonds is 5. The second kappa shape index (κ2) is 5.89. The molecule has 19 heavy (non-hydrogen) atoms. The van der Waals surface area contributed by atoms with Crippen LogP contribution < -0.4 is 10.5 Å². The summed E-state index contributed by atoms with van der Waals surface area (Å²) in [5, 5.41) is 0. The van der Waals surface area contributed by atoms with Crippen molar-refractivity contribution < 1.29 is 4.74 Å². The molecule has 0 aliphatic carbocycles. The molecule has 0 spiro atoms. The van der Waals surface area contributed by atoms with Gasteiger partial charge in [0.05, 0.1) is 13.2 Å². The van der Waals surface area contributed by atoms with Gasteiger partial charge in [0.1, 0.15) is 11.6 Å². The molecule has 1 unspecified atom stereocenters. The molecule has 4 nitrogen and oxygen atoms in total. The lowest BCUT2D eigenvalue weighted by Crippen LogP contribution is -2.18. The Labute approximate surface area is 114 Å². The molecule has 0 saturated heterocycles. The van der Waals surface area contributed by atoms with E-state index >= 15 is 0 Å². The average Bonchev–Trinajstić information content (AvgIpc) is 2.86. The molecule has 0 amide bonds. The Morgan fingerprint density at radius 2 is 2.21 bits per heavy atom. The van der Waals surface area contributed by atoms with E-state index in [0.717, 1.165) is 35.7 Å². The van der Waals surface area contributed by atoms with Crippen molar-refractivity contribution >= 4 is 0 Å². The van der Waals surface area contributed by atoms with Gasteiger partial charge in [-0.05, 0) is 30.5 Å². The van der Waals surface area contributed by atoms with E-state index in [2.05, 4.69) is 22.5 Å². The Kier molecular flexibility index (Phi) is 4.22. The topological polar surface area (TPSA) is 53.1 Å². The Hall–Kier alpha value is -1.81. The van der Waals surface area contributed by atoms with Crippen LogP contribution in [0.15, 0.2) is 30.6 Å². The summed E-state index contributed by atoms with van der Waals surface area (Å²) >= 11 is 0. The van der Waals surface area contributed by atoms with Crippen molar-refractivity contribution in [1.29, 1.82) is 0 Å². The SMILES string of the molecule is CCCn1ccnc1C(N)c1ccc(OC)c(C)c1. The highest BCUT2D eigenvalue weighted by atomic mass is 16.5. The quantitative estimate of drug-likeness (QED) is 0.898. The minimum absolute atomic E-state index is 0.203. The average molecular weight is 259 g/mol. The van der Waals surface area contributed by atoms with Gasteiger partial charge < -0.3 is 15.0 Å². The van der Waals surface area contributed by atoms with Crippen LogP contribution in [0.5, 0.6) is 5.75 Å². The first-order valence-electron chi connectivity index (χ1n) is 6.58. The van der Waals surface area contributed by atoms with Gasteiger partial charge in [0.15, 0.2) is 0 Å². The number of aryl methyl sites for hydroxylation is 2. The van der Waals surface area contributed by atoms with Gasteiger partial charge in [-0.15, -0.1) is 0 Å². The van der Waals surface area contributed by atoms with E-state index in [-0.39, 0.29) is 6.04 Å². The van der Waals surface area contributed by atoms with Crippen molar-refractivity contribution in [2.24, 2.45) is 5.73 Å². The lowest BCUT2D eigenvalue weighted by Gasteiger charge is -2.15. The number of aromatic nitrogens is 2. The predicted molar refractivity (Wildman–Crippen MR) is 76.3 cm³/mol. The second-order valence-corrected chi connectivity index (χ2v) is 4.69. The summed E-state index contributed by atoms with van der Waals surface area (Å²) in [4.78, 5) is 4.39. The van der Waals surface area contributed by atoms with E-state index < -0.39 is 0 Å². The maximum atomic E-state index is 6.33. The van der Waals surface area contributed by atoms with Crippen molar-refractivity contribution in [3.05, 3.63) is 47.5 Å². The fourth-order valence-electron chi connectivity index (χ4n) is 2.27. The third-order valence-corrected chi connectivity index (χ3v) is 3.27. The molecule has 2 N–H and O–H groups in total. The number of nitrogens with zero attached hydrogens (tertiary/aromatic N) is 2. The van der Waals surface area contributed by atoms with Gasteiger partial charge in [0.25, 0.3) is 0 Å². The van der Waals surface area contributed by atoms with Gasteiger partial charge in [-0.3, -0.25) is 0 Å². The summed E-state index contributed by atoms with van der Waals surface area (Å²) in [5.41, 5.74) is 8.47. The highest BCUT2D eigenvalue weighted by Gasteiger charge is 2.15. The molecular weight excluding hydrogens is 238 g/mol.